The summed E-state index contributed by atoms with van der Waals surface area (Å²) >= 11 is 12.2. The fourth-order valence-electron chi connectivity index (χ4n) is 2.89. The van der Waals surface area contributed by atoms with Gasteiger partial charge < -0.3 is 10.1 Å². The molecule has 6 nitrogen and oxygen atoms in total. The average molecular weight is 493 g/mol. The Hall–Kier alpha value is -2.58. The number of anilines is 1. The fourth-order valence-corrected chi connectivity index (χ4v) is 3.89. The molecule has 0 saturated carbocycles. The van der Waals surface area contributed by atoms with Crippen LogP contribution in [-0.4, -0.2) is 14.3 Å². The second-order valence-electron chi connectivity index (χ2n) is 8.16. The molecule has 168 valence electrons. The third kappa shape index (κ3) is 5.81. The van der Waals surface area contributed by atoms with Crippen LogP contribution in [0.25, 0.3) is 0 Å². The first kappa shape index (κ1) is 24.1. The second-order valence-corrected chi connectivity index (χ2v) is 10.6. The van der Waals surface area contributed by atoms with Crippen molar-refractivity contribution in [3.8, 4) is 11.5 Å². The van der Waals surface area contributed by atoms with Crippen LogP contribution in [0.2, 0.25) is 10.0 Å². The van der Waals surface area contributed by atoms with Crippen molar-refractivity contribution < 1.29 is 17.9 Å². The highest BCUT2D eigenvalue weighted by atomic mass is 35.5. The highest BCUT2D eigenvalue weighted by Crippen LogP contribution is 2.36. The number of benzene rings is 3. The minimum absolute atomic E-state index is 0.109. The van der Waals surface area contributed by atoms with E-state index in [9.17, 15) is 13.2 Å². The van der Waals surface area contributed by atoms with Crippen LogP contribution in [0.3, 0.4) is 0 Å². The lowest BCUT2D eigenvalue weighted by Gasteiger charge is -2.21. The van der Waals surface area contributed by atoms with E-state index in [1.54, 1.807) is 36.4 Å². The standard InChI is InChI=1S/C23H22Cl2N2O4S/c1-23(2,3)14-7-9-18(21(11-14)31-20-10-8-15(24)12-19(20)25)22(28)27-16-5-4-6-17(13-16)32(26,29)30/h4-13H,1-3H3,(H,27,28)(H2,26,29,30). The minimum Gasteiger partial charge on any atom is -0.455 e. The SMILES string of the molecule is CC(C)(C)c1ccc(C(=O)Nc2cccc(S(N)(=O)=O)c2)c(Oc2ccc(Cl)cc2Cl)c1. The summed E-state index contributed by atoms with van der Waals surface area (Å²) < 4.78 is 29.2. The summed E-state index contributed by atoms with van der Waals surface area (Å²) in [6, 6.07) is 15.7. The van der Waals surface area contributed by atoms with Gasteiger partial charge in [-0.15, -0.1) is 0 Å². The smallest absolute Gasteiger partial charge is 0.259 e. The topological polar surface area (TPSA) is 98.5 Å². The van der Waals surface area contributed by atoms with Gasteiger partial charge >= 0.3 is 0 Å². The number of primary sulfonamides is 1. The molecule has 3 rings (SSSR count). The Balaban J connectivity index is 2.00. The summed E-state index contributed by atoms with van der Waals surface area (Å²) in [5.74, 6) is 0.145. The first-order valence-electron chi connectivity index (χ1n) is 9.56. The monoisotopic (exact) mass is 492 g/mol. The Labute approximate surface area is 197 Å². The number of halogens is 2. The number of nitrogens with one attached hydrogen (secondary N) is 1. The molecule has 0 aromatic heterocycles. The number of hydrogen-bond acceptors (Lipinski definition) is 4. The van der Waals surface area contributed by atoms with E-state index in [2.05, 4.69) is 5.32 Å². The van der Waals surface area contributed by atoms with Crippen LogP contribution in [0.15, 0.2) is 65.6 Å². The van der Waals surface area contributed by atoms with Crippen molar-refractivity contribution in [2.75, 3.05) is 5.32 Å². The van der Waals surface area contributed by atoms with Gasteiger partial charge in [0.1, 0.15) is 11.5 Å². The van der Waals surface area contributed by atoms with E-state index in [1.807, 2.05) is 26.8 Å². The molecule has 3 aromatic carbocycles. The number of rotatable bonds is 5. The molecule has 0 aliphatic carbocycles. The van der Waals surface area contributed by atoms with E-state index in [4.69, 9.17) is 33.1 Å². The van der Waals surface area contributed by atoms with Crippen molar-refractivity contribution in [1.82, 2.24) is 0 Å². The van der Waals surface area contributed by atoms with Gasteiger partial charge in [0.2, 0.25) is 10.0 Å². The van der Waals surface area contributed by atoms with E-state index in [-0.39, 0.29) is 21.6 Å². The number of amides is 1. The number of nitrogens with two attached hydrogens (primary N) is 1. The Morgan fingerprint density at radius 3 is 2.31 bits per heavy atom. The first-order valence-corrected chi connectivity index (χ1v) is 11.9. The zero-order valence-electron chi connectivity index (χ0n) is 17.6. The van der Waals surface area contributed by atoms with Gasteiger partial charge in [0.05, 0.1) is 15.5 Å². The Bertz CT molecular complexity index is 1290. The molecule has 3 N–H and O–H groups in total. The molecular formula is C23H22Cl2N2O4S. The lowest BCUT2D eigenvalue weighted by atomic mass is 9.86. The van der Waals surface area contributed by atoms with Crippen molar-refractivity contribution in [2.45, 2.75) is 31.1 Å². The molecule has 9 heteroatoms. The first-order chi connectivity index (χ1) is 14.8. The molecule has 0 aliphatic heterocycles. The van der Waals surface area contributed by atoms with Gasteiger partial charge in [0.15, 0.2) is 0 Å². The van der Waals surface area contributed by atoms with Gasteiger partial charge in [-0.1, -0.05) is 56.1 Å². The third-order valence-corrected chi connectivity index (χ3v) is 6.07. The summed E-state index contributed by atoms with van der Waals surface area (Å²) in [5, 5.41) is 8.62. The highest BCUT2D eigenvalue weighted by Gasteiger charge is 2.21. The van der Waals surface area contributed by atoms with Crippen LogP contribution in [-0.2, 0) is 15.4 Å². The van der Waals surface area contributed by atoms with Gasteiger partial charge in [-0.2, -0.15) is 0 Å². The maximum Gasteiger partial charge on any atom is 0.259 e. The number of carbonyl (C=O) groups is 1. The zero-order valence-corrected chi connectivity index (χ0v) is 20.0. The molecule has 3 aromatic rings. The Morgan fingerprint density at radius 2 is 1.69 bits per heavy atom. The largest absolute Gasteiger partial charge is 0.455 e. The molecule has 0 saturated heterocycles. The van der Waals surface area contributed by atoms with Gasteiger partial charge in [-0.3, -0.25) is 4.79 Å². The average Bonchev–Trinajstić information content (AvgIpc) is 2.69. The van der Waals surface area contributed by atoms with Crippen molar-refractivity contribution in [3.05, 3.63) is 81.8 Å². The van der Waals surface area contributed by atoms with E-state index < -0.39 is 15.9 Å². The zero-order chi connectivity index (χ0) is 23.7. The maximum absolute atomic E-state index is 13.1. The van der Waals surface area contributed by atoms with Crippen molar-refractivity contribution in [3.63, 3.8) is 0 Å². The van der Waals surface area contributed by atoms with Gasteiger partial charge in [0, 0.05) is 10.7 Å². The molecule has 32 heavy (non-hydrogen) atoms. The number of sulfonamides is 1. The third-order valence-electron chi connectivity index (χ3n) is 4.63. The molecule has 0 bridgehead atoms. The van der Waals surface area contributed by atoms with E-state index in [0.29, 0.717) is 21.5 Å². The number of hydrogen-bond donors (Lipinski definition) is 2. The summed E-state index contributed by atoms with van der Waals surface area (Å²) in [7, 11) is -3.91. The Kier molecular flexibility index (Phi) is 6.86. The van der Waals surface area contributed by atoms with Crippen LogP contribution >= 0.6 is 23.2 Å². The molecule has 0 aliphatic rings. The van der Waals surface area contributed by atoms with Crippen LogP contribution in [0.1, 0.15) is 36.7 Å². The lowest BCUT2D eigenvalue weighted by Crippen LogP contribution is -2.17. The van der Waals surface area contributed by atoms with E-state index in [0.717, 1.165) is 5.56 Å². The van der Waals surface area contributed by atoms with Crippen LogP contribution in [0.5, 0.6) is 11.5 Å². The number of carbonyl (C=O) groups excluding carboxylic acids is 1. The molecule has 0 spiro atoms. The molecule has 0 atom stereocenters. The molecular weight excluding hydrogens is 471 g/mol. The van der Waals surface area contributed by atoms with Crippen molar-refractivity contribution in [1.29, 1.82) is 0 Å². The minimum atomic E-state index is -3.91. The van der Waals surface area contributed by atoms with E-state index in [1.165, 1.54) is 18.2 Å². The predicted molar refractivity (Wildman–Crippen MR) is 127 cm³/mol. The van der Waals surface area contributed by atoms with Gasteiger partial charge in [0.25, 0.3) is 5.91 Å². The quantitative estimate of drug-likeness (QED) is 0.457. The van der Waals surface area contributed by atoms with Crippen LogP contribution in [0.4, 0.5) is 5.69 Å². The van der Waals surface area contributed by atoms with E-state index >= 15 is 0 Å². The molecule has 0 heterocycles. The molecule has 0 unspecified atom stereocenters. The summed E-state index contributed by atoms with van der Waals surface area (Å²) in [5.41, 5.74) is 1.27. The van der Waals surface area contributed by atoms with Crippen LogP contribution in [0, 0.1) is 0 Å². The van der Waals surface area contributed by atoms with Crippen molar-refractivity contribution in [2.24, 2.45) is 5.14 Å². The van der Waals surface area contributed by atoms with Gasteiger partial charge in [-0.05, 0) is 59.5 Å². The van der Waals surface area contributed by atoms with Crippen LogP contribution < -0.4 is 15.2 Å². The predicted octanol–water partition coefficient (Wildman–Crippen LogP) is 5.98. The molecule has 0 fully saturated rings. The van der Waals surface area contributed by atoms with Crippen molar-refractivity contribution >= 4 is 44.8 Å². The normalized spacial score (nSPS) is 11.8. The molecule has 1 amide bonds. The Morgan fingerprint density at radius 1 is 0.969 bits per heavy atom. The highest BCUT2D eigenvalue weighted by molar-refractivity contribution is 7.89. The summed E-state index contributed by atoms with van der Waals surface area (Å²) in [6.45, 7) is 6.12. The summed E-state index contributed by atoms with van der Waals surface area (Å²) in [6.07, 6.45) is 0. The lowest BCUT2D eigenvalue weighted by molar-refractivity contribution is 0.102. The summed E-state index contributed by atoms with van der Waals surface area (Å²) in [4.78, 5) is 13.0. The second kappa shape index (κ2) is 9.11. The maximum atomic E-state index is 13.1. The molecule has 0 radical (unpaired) electrons. The number of ether oxygens (including phenoxy) is 1. The van der Waals surface area contributed by atoms with Gasteiger partial charge in [-0.25, -0.2) is 13.6 Å². The fraction of sp³-hybridized carbons (Fsp3) is 0.174.